The van der Waals surface area contributed by atoms with Gasteiger partial charge in [0.2, 0.25) is 0 Å². The minimum Gasteiger partial charge on any atom is -0.423 e. The molecule has 0 saturated heterocycles. The van der Waals surface area contributed by atoms with Gasteiger partial charge in [-0.05, 0) is 99.5 Å². The van der Waals surface area contributed by atoms with Crippen LogP contribution in [0.3, 0.4) is 0 Å². The van der Waals surface area contributed by atoms with Crippen molar-refractivity contribution in [2.75, 3.05) is 0 Å². The Labute approximate surface area is 318 Å². The number of carbonyl (C=O) groups excluding carboxylic acids is 5. The van der Waals surface area contributed by atoms with Crippen molar-refractivity contribution >= 4 is 30.0 Å². The van der Waals surface area contributed by atoms with Crippen LogP contribution >= 0.6 is 0 Å². The summed E-state index contributed by atoms with van der Waals surface area (Å²) in [4.78, 5) is 61.2. The third-order valence-corrected chi connectivity index (χ3v) is 7.06. The van der Waals surface area contributed by atoms with E-state index in [1.807, 2.05) is 24.3 Å². The summed E-state index contributed by atoms with van der Waals surface area (Å²) in [5, 5.41) is 0. The Morgan fingerprint density at radius 3 is 1.27 bits per heavy atom. The van der Waals surface area contributed by atoms with Crippen LogP contribution < -0.4 is 18.9 Å². The van der Waals surface area contributed by atoms with E-state index < -0.39 is 30.0 Å². The maximum absolute atomic E-state index is 12.7. The Balaban J connectivity index is 1.71. The fourth-order valence-electron chi connectivity index (χ4n) is 4.14. The molecule has 0 N–H and O–H groups in total. The van der Waals surface area contributed by atoms with Gasteiger partial charge in [-0.25, -0.2) is 24.0 Å². The predicted molar refractivity (Wildman–Crippen MR) is 205 cm³/mol. The van der Waals surface area contributed by atoms with Crippen LogP contribution in [0.2, 0.25) is 0 Å². The largest absolute Gasteiger partial charge is 0.522 e. The van der Waals surface area contributed by atoms with E-state index in [-0.39, 0.29) is 45.1 Å². The van der Waals surface area contributed by atoms with Crippen molar-refractivity contribution in [2.45, 2.75) is 27.7 Å². The first kappa shape index (κ1) is 40.1. The first-order valence-corrected chi connectivity index (χ1v) is 16.3. The molecule has 4 rings (SSSR count). The molecular formula is C45H34O10. The average Bonchev–Trinajstić information content (AvgIpc) is 3.14. The highest BCUT2D eigenvalue weighted by atomic mass is 16.7. The van der Waals surface area contributed by atoms with Gasteiger partial charge in [-0.3, -0.25) is 0 Å². The lowest BCUT2D eigenvalue weighted by atomic mass is 10.0. The molecule has 0 aliphatic heterocycles. The summed E-state index contributed by atoms with van der Waals surface area (Å²) in [5.41, 5.74) is 3.56. The molecule has 0 aromatic heterocycles. The fraction of sp³-hybridized carbons (Fsp3) is 0.0889. The van der Waals surface area contributed by atoms with Crippen LogP contribution in [0.1, 0.15) is 49.9 Å². The summed E-state index contributed by atoms with van der Waals surface area (Å²) in [6.07, 6.45) is -1.39. The van der Waals surface area contributed by atoms with Gasteiger partial charge in [0.25, 0.3) is 0 Å². The number of ether oxygens (including phenoxy) is 5. The van der Waals surface area contributed by atoms with E-state index in [2.05, 4.69) is 50.0 Å². The lowest BCUT2D eigenvalue weighted by Gasteiger charge is -2.12. The number of esters is 4. The summed E-state index contributed by atoms with van der Waals surface area (Å²) in [6.45, 7) is 20.1. The first-order valence-electron chi connectivity index (χ1n) is 16.3. The molecule has 0 spiro atoms. The highest BCUT2D eigenvalue weighted by Crippen LogP contribution is 2.32. The molecule has 0 aliphatic carbocycles. The quantitative estimate of drug-likeness (QED) is 0.0414. The van der Waals surface area contributed by atoms with E-state index in [0.29, 0.717) is 22.4 Å². The van der Waals surface area contributed by atoms with Crippen molar-refractivity contribution in [3.8, 4) is 57.8 Å². The highest BCUT2D eigenvalue weighted by Gasteiger charge is 2.21. The predicted octanol–water partition coefficient (Wildman–Crippen LogP) is 8.22. The molecule has 0 bridgehead atoms. The van der Waals surface area contributed by atoms with Crippen LogP contribution in [0.5, 0.6) is 23.0 Å². The summed E-state index contributed by atoms with van der Waals surface area (Å²) in [5.74, 6) is 9.14. The zero-order chi connectivity index (χ0) is 40.2. The molecule has 55 heavy (non-hydrogen) atoms. The monoisotopic (exact) mass is 734 g/mol. The van der Waals surface area contributed by atoms with Gasteiger partial charge in [0, 0.05) is 39.0 Å². The average molecular weight is 735 g/mol. The lowest BCUT2D eigenvalue weighted by molar-refractivity contribution is -0.134. The number of rotatable bonds is 9. The molecule has 10 heteroatoms. The standard InChI is InChI=1S/C45H34O10/c1-27(2)41(46)51-36-20-13-32(14-21-36)15-24-38-39(53-43(48)29(5)6)25-33(26-40(38)54-45(50)55-44(49)30(7)8)10-9-31-11-16-34(17-12-31)35-18-22-37(23-19-35)52-42(47)28(3)4/h11-14,16-23,25-26H,1,3,5,7H2,2,4,6,8H3. The van der Waals surface area contributed by atoms with Gasteiger partial charge >= 0.3 is 30.0 Å². The summed E-state index contributed by atoms with van der Waals surface area (Å²) in [6, 6.07) is 23.3. The maximum atomic E-state index is 12.7. The molecule has 0 saturated carbocycles. The van der Waals surface area contributed by atoms with E-state index in [9.17, 15) is 24.0 Å². The highest BCUT2D eigenvalue weighted by molar-refractivity contribution is 5.94. The fourth-order valence-corrected chi connectivity index (χ4v) is 4.14. The third-order valence-electron chi connectivity index (χ3n) is 7.06. The SMILES string of the molecule is C=C(C)C(=O)OC(=O)Oc1cc(C#Cc2ccc(-c3ccc(OC(=O)C(=C)C)cc3)cc2)cc(OC(=O)C(=C)C)c1C#Cc1ccc(OC(=O)C(=C)C)cc1. The second kappa shape index (κ2) is 18.2. The van der Waals surface area contributed by atoms with E-state index in [1.54, 1.807) is 43.3 Å². The van der Waals surface area contributed by atoms with Gasteiger partial charge in [0.05, 0.1) is 0 Å². The Hall–Kier alpha value is -7.69. The normalized spacial score (nSPS) is 9.82. The van der Waals surface area contributed by atoms with Gasteiger partial charge < -0.3 is 23.7 Å². The third kappa shape index (κ3) is 11.7. The molecule has 0 unspecified atom stereocenters. The Bertz CT molecular complexity index is 2370. The minimum atomic E-state index is -1.39. The van der Waals surface area contributed by atoms with Crippen molar-refractivity contribution in [1.82, 2.24) is 0 Å². The van der Waals surface area contributed by atoms with Crippen LogP contribution in [0.4, 0.5) is 4.79 Å². The molecule has 0 heterocycles. The summed E-state index contributed by atoms with van der Waals surface area (Å²) >= 11 is 0. The van der Waals surface area contributed by atoms with Gasteiger partial charge in [0.15, 0.2) is 11.5 Å². The molecule has 0 amide bonds. The Morgan fingerprint density at radius 1 is 0.436 bits per heavy atom. The lowest BCUT2D eigenvalue weighted by Crippen LogP contribution is -2.17. The van der Waals surface area contributed by atoms with E-state index >= 15 is 0 Å². The van der Waals surface area contributed by atoms with Crippen LogP contribution in [-0.4, -0.2) is 30.0 Å². The molecule has 274 valence electrons. The van der Waals surface area contributed by atoms with Gasteiger partial charge in [-0.1, -0.05) is 74.3 Å². The van der Waals surface area contributed by atoms with Crippen molar-refractivity contribution < 1.29 is 47.7 Å². The smallest absolute Gasteiger partial charge is 0.423 e. The molecule has 0 atom stereocenters. The second-order valence-corrected chi connectivity index (χ2v) is 12.0. The van der Waals surface area contributed by atoms with Gasteiger partial charge in [-0.15, -0.1) is 0 Å². The minimum absolute atomic E-state index is 0.0443. The van der Waals surface area contributed by atoms with Crippen molar-refractivity contribution in [2.24, 2.45) is 0 Å². The van der Waals surface area contributed by atoms with Gasteiger partial charge in [0.1, 0.15) is 17.1 Å². The topological polar surface area (TPSA) is 132 Å². The Kier molecular flexibility index (Phi) is 13.3. The zero-order valence-corrected chi connectivity index (χ0v) is 30.5. The number of hydrogen-bond donors (Lipinski definition) is 0. The molecular weight excluding hydrogens is 700 g/mol. The van der Waals surface area contributed by atoms with Crippen molar-refractivity contribution in [3.05, 3.63) is 156 Å². The van der Waals surface area contributed by atoms with E-state index in [1.165, 1.54) is 45.0 Å². The molecule has 4 aromatic carbocycles. The molecule has 4 aromatic rings. The number of benzene rings is 4. The van der Waals surface area contributed by atoms with Gasteiger partial charge in [-0.2, -0.15) is 0 Å². The van der Waals surface area contributed by atoms with Crippen LogP contribution in [0.25, 0.3) is 11.1 Å². The van der Waals surface area contributed by atoms with Crippen molar-refractivity contribution in [1.29, 1.82) is 0 Å². The van der Waals surface area contributed by atoms with Crippen LogP contribution in [0, 0.1) is 23.7 Å². The molecule has 0 fully saturated rings. The maximum Gasteiger partial charge on any atom is 0.522 e. The zero-order valence-electron chi connectivity index (χ0n) is 30.5. The van der Waals surface area contributed by atoms with E-state index in [4.69, 9.17) is 23.7 Å². The summed E-state index contributed by atoms with van der Waals surface area (Å²) < 4.78 is 26.2. The first-order chi connectivity index (χ1) is 26.1. The Morgan fingerprint density at radius 2 is 0.800 bits per heavy atom. The van der Waals surface area contributed by atoms with Crippen molar-refractivity contribution in [3.63, 3.8) is 0 Å². The molecule has 0 aliphatic rings. The van der Waals surface area contributed by atoms with E-state index in [0.717, 1.165) is 11.1 Å². The number of carbonyl (C=O) groups is 5. The molecule has 10 nitrogen and oxygen atoms in total. The molecule has 0 radical (unpaired) electrons. The number of hydrogen-bond acceptors (Lipinski definition) is 10. The second-order valence-electron chi connectivity index (χ2n) is 12.0. The van der Waals surface area contributed by atoms with Crippen LogP contribution in [-0.2, 0) is 23.9 Å². The summed E-state index contributed by atoms with van der Waals surface area (Å²) in [7, 11) is 0. The van der Waals surface area contributed by atoms with Crippen LogP contribution in [0.15, 0.2) is 134 Å².